The fourth-order valence-electron chi connectivity index (χ4n) is 1.85. The van der Waals surface area contributed by atoms with Crippen molar-refractivity contribution in [3.8, 4) is 0 Å². The van der Waals surface area contributed by atoms with Crippen LogP contribution in [-0.4, -0.2) is 21.0 Å². The first-order valence-corrected chi connectivity index (χ1v) is 5.76. The largest absolute Gasteiger partial charge is 0.477 e. The third kappa shape index (κ3) is 1.34. The molecule has 0 aliphatic heterocycles. The number of aromatic carboxylic acids is 1. The SMILES string of the molecule is Nc1ncc2c(C3CC3)c(C(=O)O)sc2n1. The Morgan fingerprint density at radius 2 is 2.31 bits per heavy atom. The molecular formula is C10H9N3O2S. The number of hydrogen-bond acceptors (Lipinski definition) is 5. The lowest BCUT2D eigenvalue weighted by Gasteiger charge is -1.97. The Morgan fingerprint density at radius 1 is 1.56 bits per heavy atom. The molecule has 0 unspecified atom stereocenters. The zero-order chi connectivity index (χ0) is 11.3. The number of hydrogen-bond donors (Lipinski definition) is 2. The van der Waals surface area contributed by atoms with Crippen LogP contribution in [0.5, 0.6) is 0 Å². The van der Waals surface area contributed by atoms with Gasteiger partial charge in [-0.1, -0.05) is 0 Å². The minimum atomic E-state index is -0.886. The van der Waals surface area contributed by atoms with Crippen molar-refractivity contribution in [2.24, 2.45) is 0 Å². The van der Waals surface area contributed by atoms with Crippen molar-refractivity contribution in [3.05, 3.63) is 16.6 Å². The van der Waals surface area contributed by atoms with E-state index in [0.717, 1.165) is 23.8 Å². The molecule has 1 saturated carbocycles. The zero-order valence-electron chi connectivity index (χ0n) is 8.30. The number of nitrogens with two attached hydrogens (primary N) is 1. The molecule has 1 fully saturated rings. The van der Waals surface area contributed by atoms with Crippen LogP contribution >= 0.6 is 11.3 Å². The van der Waals surface area contributed by atoms with Crippen molar-refractivity contribution in [2.45, 2.75) is 18.8 Å². The lowest BCUT2D eigenvalue weighted by Crippen LogP contribution is -1.96. The lowest BCUT2D eigenvalue weighted by molar-refractivity contribution is 0.0701. The minimum Gasteiger partial charge on any atom is -0.477 e. The van der Waals surface area contributed by atoms with Crippen molar-refractivity contribution in [3.63, 3.8) is 0 Å². The van der Waals surface area contributed by atoms with E-state index in [4.69, 9.17) is 10.8 Å². The number of nitrogens with zero attached hydrogens (tertiary/aromatic N) is 2. The first-order valence-electron chi connectivity index (χ1n) is 4.95. The molecule has 0 amide bonds. The second kappa shape index (κ2) is 3.15. The molecule has 1 aliphatic rings. The highest BCUT2D eigenvalue weighted by atomic mass is 32.1. The number of thiophene rings is 1. The Bertz CT molecular complexity index is 589. The predicted octanol–water partition coefficient (Wildman–Crippen LogP) is 1.85. The van der Waals surface area contributed by atoms with Crippen LogP contribution in [0, 0.1) is 0 Å². The highest BCUT2D eigenvalue weighted by molar-refractivity contribution is 7.20. The van der Waals surface area contributed by atoms with Crippen LogP contribution in [-0.2, 0) is 0 Å². The number of nitrogen functional groups attached to an aromatic ring is 1. The van der Waals surface area contributed by atoms with Crippen LogP contribution in [0.15, 0.2) is 6.20 Å². The Labute approximate surface area is 94.9 Å². The summed E-state index contributed by atoms with van der Waals surface area (Å²) in [4.78, 5) is 20.2. The Kier molecular flexibility index (Phi) is 1.88. The summed E-state index contributed by atoms with van der Waals surface area (Å²) in [6.07, 6.45) is 3.74. The van der Waals surface area contributed by atoms with E-state index < -0.39 is 5.97 Å². The molecule has 82 valence electrons. The van der Waals surface area contributed by atoms with E-state index in [1.165, 1.54) is 11.3 Å². The molecule has 2 aromatic rings. The fraction of sp³-hybridized carbons (Fsp3) is 0.300. The number of carboxylic acid groups (broad SMARTS) is 1. The highest BCUT2D eigenvalue weighted by Gasteiger charge is 2.32. The van der Waals surface area contributed by atoms with Gasteiger partial charge in [-0.05, 0) is 24.3 Å². The van der Waals surface area contributed by atoms with Crippen molar-refractivity contribution in [1.29, 1.82) is 0 Å². The van der Waals surface area contributed by atoms with Crippen molar-refractivity contribution < 1.29 is 9.90 Å². The van der Waals surface area contributed by atoms with Gasteiger partial charge >= 0.3 is 5.97 Å². The number of rotatable bonds is 2. The van der Waals surface area contributed by atoms with E-state index in [0.29, 0.717) is 15.6 Å². The third-order valence-electron chi connectivity index (χ3n) is 2.69. The lowest BCUT2D eigenvalue weighted by atomic mass is 10.1. The van der Waals surface area contributed by atoms with Crippen LogP contribution in [0.4, 0.5) is 5.95 Å². The normalized spacial score (nSPS) is 15.5. The minimum absolute atomic E-state index is 0.188. The molecule has 0 saturated heterocycles. The third-order valence-corrected chi connectivity index (χ3v) is 3.79. The van der Waals surface area contributed by atoms with Gasteiger partial charge in [0, 0.05) is 11.6 Å². The molecule has 0 radical (unpaired) electrons. The van der Waals surface area contributed by atoms with E-state index in [2.05, 4.69) is 9.97 Å². The van der Waals surface area contributed by atoms with E-state index in [1.54, 1.807) is 6.20 Å². The smallest absolute Gasteiger partial charge is 0.346 e. The van der Waals surface area contributed by atoms with Crippen LogP contribution in [0.3, 0.4) is 0 Å². The molecule has 1 aliphatic carbocycles. The Morgan fingerprint density at radius 3 is 2.94 bits per heavy atom. The molecule has 3 rings (SSSR count). The maximum absolute atomic E-state index is 11.1. The van der Waals surface area contributed by atoms with Gasteiger partial charge in [-0.2, -0.15) is 0 Å². The van der Waals surface area contributed by atoms with E-state index >= 15 is 0 Å². The number of aromatic nitrogens is 2. The van der Waals surface area contributed by atoms with Crippen LogP contribution in [0.2, 0.25) is 0 Å². The molecular weight excluding hydrogens is 226 g/mol. The van der Waals surface area contributed by atoms with E-state index in [-0.39, 0.29) is 5.95 Å². The van der Waals surface area contributed by atoms with Gasteiger partial charge in [-0.15, -0.1) is 11.3 Å². The summed E-state index contributed by atoms with van der Waals surface area (Å²) in [5, 5.41) is 9.99. The summed E-state index contributed by atoms with van der Waals surface area (Å²) in [6, 6.07) is 0. The molecule has 0 aromatic carbocycles. The average Bonchev–Trinajstić information content (AvgIpc) is 2.99. The molecule has 0 atom stereocenters. The van der Waals surface area contributed by atoms with Crippen LogP contribution in [0.25, 0.3) is 10.2 Å². The molecule has 0 spiro atoms. The van der Waals surface area contributed by atoms with Crippen molar-refractivity contribution >= 4 is 33.5 Å². The van der Waals surface area contributed by atoms with Gasteiger partial charge in [0.25, 0.3) is 0 Å². The number of fused-ring (bicyclic) bond motifs is 1. The molecule has 2 aromatic heterocycles. The molecule has 16 heavy (non-hydrogen) atoms. The summed E-state index contributed by atoms with van der Waals surface area (Å²) in [5.41, 5.74) is 6.38. The van der Waals surface area contributed by atoms with Gasteiger partial charge < -0.3 is 10.8 Å². The quantitative estimate of drug-likeness (QED) is 0.829. The molecule has 6 heteroatoms. The molecule has 3 N–H and O–H groups in total. The Balaban J connectivity index is 2.32. The van der Waals surface area contributed by atoms with Crippen LogP contribution in [0.1, 0.15) is 34.0 Å². The summed E-state index contributed by atoms with van der Waals surface area (Å²) in [5.74, 6) is -0.330. The van der Waals surface area contributed by atoms with Crippen LogP contribution < -0.4 is 5.73 Å². The van der Waals surface area contributed by atoms with Gasteiger partial charge in [0.15, 0.2) is 0 Å². The number of carboxylic acids is 1. The molecule has 2 heterocycles. The predicted molar refractivity (Wildman–Crippen MR) is 60.8 cm³/mol. The second-order valence-corrected chi connectivity index (χ2v) is 4.87. The van der Waals surface area contributed by atoms with E-state index in [9.17, 15) is 4.79 Å². The van der Waals surface area contributed by atoms with Crippen molar-refractivity contribution in [1.82, 2.24) is 9.97 Å². The van der Waals surface area contributed by atoms with E-state index in [1.807, 2.05) is 0 Å². The first-order chi connectivity index (χ1) is 7.66. The highest BCUT2D eigenvalue weighted by Crippen LogP contribution is 2.47. The summed E-state index contributed by atoms with van der Waals surface area (Å²) < 4.78 is 0. The topological polar surface area (TPSA) is 89.1 Å². The number of anilines is 1. The summed E-state index contributed by atoms with van der Waals surface area (Å²) >= 11 is 1.18. The Hall–Kier alpha value is -1.69. The van der Waals surface area contributed by atoms with Crippen molar-refractivity contribution in [2.75, 3.05) is 5.73 Å². The summed E-state index contributed by atoms with van der Waals surface area (Å²) in [7, 11) is 0. The van der Waals surface area contributed by atoms with Gasteiger partial charge in [0.2, 0.25) is 5.95 Å². The number of carbonyl (C=O) groups is 1. The molecule has 5 nitrogen and oxygen atoms in total. The standard InChI is InChI=1S/C10H9N3O2S/c11-10-12-3-5-6(4-1-2-4)7(9(14)15)16-8(5)13-10/h3-4H,1-2H2,(H,14,15)(H2,11,12,13). The maximum atomic E-state index is 11.1. The first kappa shape index (κ1) is 9.53. The second-order valence-electron chi connectivity index (χ2n) is 3.87. The zero-order valence-corrected chi connectivity index (χ0v) is 9.12. The van der Waals surface area contributed by atoms with Gasteiger partial charge in [0.05, 0.1) is 0 Å². The van der Waals surface area contributed by atoms with Gasteiger partial charge in [0.1, 0.15) is 9.71 Å². The molecule has 0 bridgehead atoms. The average molecular weight is 235 g/mol. The fourth-order valence-corrected chi connectivity index (χ4v) is 2.93. The monoisotopic (exact) mass is 235 g/mol. The van der Waals surface area contributed by atoms with Gasteiger partial charge in [-0.3, -0.25) is 0 Å². The summed E-state index contributed by atoms with van der Waals surface area (Å²) in [6.45, 7) is 0. The maximum Gasteiger partial charge on any atom is 0.346 e. The van der Waals surface area contributed by atoms with Gasteiger partial charge in [-0.25, -0.2) is 14.8 Å².